The van der Waals surface area contributed by atoms with Crippen molar-refractivity contribution in [3.63, 3.8) is 0 Å². The number of carbonyl (C=O) groups excluding carboxylic acids is 4. The fourth-order valence-electron chi connectivity index (χ4n) is 4.72. The summed E-state index contributed by atoms with van der Waals surface area (Å²) in [6.45, 7) is 0. The highest BCUT2D eigenvalue weighted by atomic mass is 35.5. The normalized spacial score (nSPS) is 20.9. The van der Waals surface area contributed by atoms with Crippen LogP contribution in [0.3, 0.4) is 0 Å². The zero-order chi connectivity index (χ0) is 25.7. The summed E-state index contributed by atoms with van der Waals surface area (Å²) in [7, 11) is 5.08. The third-order valence-corrected chi connectivity index (χ3v) is 6.87. The molecule has 0 bridgehead atoms. The number of nitrogens with one attached hydrogen (secondary N) is 2. The Morgan fingerprint density at radius 3 is 2.49 bits per heavy atom. The number of halogens is 3. The van der Waals surface area contributed by atoms with Crippen LogP contribution in [-0.2, 0) is 20.3 Å². The summed E-state index contributed by atoms with van der Waals surface area (Å²) in [5.41, 5.74) is 1.78. The third kappa shape index (κ3) is 4.47. The minimum atomic E-state index is -3.77. The zero-order valence-corrected chi connectivity index (χ0v) is 20.1. The van der Waals surface area contributed by atoms with Crippen LogP contribution in [0, 0.1) is 0 Å². The molecule has 7 nitrogen and oxygen atoms in total. The second-order valence-corrected chi connectivity index (χ2v) is 9.36. The lowest BCUT2D eigenvalue weighted by Gasteiger charge is -2.33. The Hall–Kier alpha value is -3.14. The maximum atomic E-state index is 14.7. The van der Waals surface area contributed by atoms with Crippen molar-refractivity contribution in [1.82, 2.24) is 15.5 Å². The molecule has 178 valence electrons. The molecule has 1 saturated heterocycles. The quantitative estimate of drug-likeness (QED) is 0.411. The number of rotatable bonds is 5. The van der Waals surface area contributed by atoms with Crippen molar-refractivity contribution in [3.05, 3.63) is 63.7 Å². The van der Waals surface area contributed by atoms with E-state index in [9.17, 15) is 28.0 Å². The molecular formula is C22H21B3ClF2N3O4. The highest BCUT2D eigenvalue weighted by Gasteiger charge is 2.44. The van der Waals surface area contributed by atoms with Crippen LogP contribution in [0.4, 0.5) is 8.78 Å². The van der Waals surface area contributed by atoms with E-state index in [-0.39, 0.29) is 29.7 Å². The number of fused-ring (bicyclic) bond motifs is 1. The molecule has 2 heterocycles. The number of benzene rings is 2. The van der Waals surface area contributed by atoms with Crippen LogP contribution >= 0.6 is 11.6 Å². The number of amides is 4. The topological polar surface area (TPSA) is 95.6 Å². The number of nitrogens with zero attached hydrogens (tertiary/aromatic N) is 1. The summed E-state index contributed by atoms with van der Waals surface area (Å²) >= 11 is 5.76. The molecule has 0 aromatic heterocycles. The molecule has 3 atom stereocenters. The second-order valence-electron chi connectivity index (χ2n) is 8.93. The Labute approximate surface area is 208 Å². The smallest absolute Gasteiger partial charge is 0.349 e. The van der Waals surface area contributed by atoms with Crippen molar-refractivity contribution in [2.24, 2.45) is 0 Å². The molecule has 1 fully saturated rings. The van der Waals surface area contributed by atoms with E-state index < -0.39 is 41.2 Å². The second kappa shape index (κ2) is 9.15. The van der Waals surface area contributed by atoms with Gasteiger partial charge in [-0.1, -0.05) is 41.3 Å². The SMILES string of the molecule is Bc1cc2c(cc1C(B)NC(=O)C(F)(F)c1ccc(Cl)cc1)C(B)N(C1CCC(=O)NC1=O)C2=O. The predicted molar refractivity (Wildman–Crippen MR) is 133 cm³/mol. The lowest BCUT2D eigenvalue weighted by Crippen LogP contribution is -2.53. The molecular weight excluding hydrogens is 476 g/mol. The Bertz CT molecular complexity index is 1250. The minimum Gasteiger partial charge on any atom is -0.352 e. The number of carbonyl (C=O) groups is 4. The molecule has 0 radical (unpaired) electrons. The van der Waals surface area contributed by atoms with Crippen molar-refractivity contribution in [3.8, 4) is 0 Å². The average Bonchev–Trinajstić information content (AvgIpc) is 3.03. The number of hydrogen-bond donors (Lipinski definition) is 2. The molecule has 4 rings (SSSR count). The number of piperidine rings is 1. The van der Waals surface area contributed by atoms with Gasteiger partial charge in [-0.25, -0.2) is 0 Å². The van der Waals surface area contributed by atoms with Crippen molar-refractivity contribution in [2.75, 3.05) is 0 Å². The van der Waals surface area contributed by atoms with Gasteiger partial charge in [-0.2, -0.15) is 8.78 Å². The van der Waals surface area contributed by atoms with Gasteiger partial charge in [-0.15, -0.1) is 0 Å². The van der Waals surface area contributed by atoms with E-state index in [1.165, 1.54) is 17.0 Å². The van der Waals surface area contributed by atoms with Gasteiger partial charge in [0.05, 0.1) is 0 Å². The van der Waals surface area contributed by atoms with Crippen molar-refractivity contribution in [2.45, 2.75) is 36.7 Å². The number of hydrogen-bond acceptors (Lipinski definition) is 4. The first kappa shape index (κ1) is 25.0. The van der Waals surface area contributed by atoms with E-state index in [2.05, 4.69) is 10.6 Å². The largest absolute Gasteiger partial charge is 0.352 e. The van der Waals surface area contributed by atoms with E-state index in [1.807, 2.05) is 0 Å². The third-order valence-electron chi connectivity index (χ3n) is 6.62. The van der Waals surface area contributed by atoms with Gasteiger partial charge in [-0.05, 0) is 29.7 Å². The number of alkyl halides is 2. The van der Waals surface area contributed by atoms with Gasteiger partial charge in [0.25, 0.3) is 11.8 Å². The summed E-state index contributed by atoms with van der Waals surface area (Å²) in [6.07, 6.45) is 0.366. The van der Waals surface area contributed by atoms with Crippen LogP contribution in [0.25, 0.3) is 0 Å². The molecule has 4 amide bonds. The van der Waals surface area contributed by atoms with Crippen molar-refractivity contribution >= 4 is 64.2 Å². The van der Waals surface area contributed by atoms with Gasteiger partial charge < -0.3 is 10.2 Å². The van der Waals surface area contributed by atoms with Crippen LogP contribution in [0.1, 0.15) is 51.8 Å². The van der Waals surface area contributed by atoms with E-state index in [4.69, 9.17) is 11.6 Å². The molecule has 2 aliphatic heterocycles. The molecule has 2 N–H and O–H groups in total. The summed E-state index contributed by atoms with van der Waals surface area (Å²) in [6, 6.07) is 7.37. The average molecular weight is 497 g/mol. The molecule has 3 unspecified atom stereocenters. The first-order valence-corrected chi connectivity index (χ1v) is 11.5. The minimum absolute atomic E-state index is 0.137. The van der Waals surface area contributed by atoms with Crippen LogP contribution in [-0.4, -0.2) is 58.1 Å². The summed E-state index contributed by atoms with van der Waals surface area (Å²) in [5, 5.41) is 4.92. The van der Waals surface area contributed by atoms with Gasteiger partial charge in [0.1, 0.15) is 29.6 Å². The molecule has 0 aliphatic carbocycles. The molecule has 35 heavy (non-hydrogen) atoms. The molecule has 0 spiro atoms. The molecule has 2 aliphatic rings. The molecule has 0 saturated carbocycles. The van der Waals surface area contributed by atoms with Gasteiger partial charge in [-0.3, -0.25) is 24.5 Å². The van der Waals surface area contributed by atoms with Gasteiger partial charge in [0.2, 0.25) is 11.8 Å². The van der Waals surface area contributed by atoms with Crippen LogP contribution in [0.15, 0.2) is 36.4 Å². The van der Waals surface area contributed by atoms with Gasteiger partial charge in [0.15, 0.2) is 0 Å². The number of imide groups is 1. The first-order chi connectivity index (χ1) is 16.4. The first-order valence-electron chi connectivity index (χ1n) is 11.2. The van der Waals surface area contributed by atoms with E-state index in [0.29, 0.717) is 22.2 Å². The summed E-state index contributed by atoms with van der Waals surface area (Å²) in [4.78, 5) is 51.0. The molecule has 13 heteroatoms. The Morgan fingerprint density at radius 1 is 1.20 bits per heavy atom. The summed E-state index contributed by atoms with van der Waals surface area (Å²) < 4.78 is 29.5. The van der Waals surface area contributed by atoms with E-state index in [1.54, 1.807) is 35.7 Å². The monoisotopic (exact) mass is 497 g/mol. The van der Waals surface area contributed by atoms with Crippen LogP contribution in [0.5, 0.6) is 0 Å². The predicted octanol–water partition coefficient (Wildman–Crippen LogP) is -0.969. The maximum absolute atomic E-state index is 14.7. The molecule has 2 aromatic rings. The molecule has 2 aromatic carbocycles. The van der Waals surface area contributed by atoms with Gasteiger partial charge >= 0.3 is 5.92 Å². The van der Waals surface area contributed by atoms with Crippen molar-refractivity contribution < 1.29 is 28.0 Å². The highest BCUT2D eigenvalue weighted by molar-refractivity contribution is 6.35. The van der Waals surface area contributed by atoms with E-state index >= 15 is 0 Å². The summed E-state index contributed by atoms with van der Waals surface area (Å²) in [5.74, 6) is -7.70. The standard InChI is InChI=1S/C22H21B3ClF2N3O4/c23-14-8-12-11(18(25)31(20(12)34)15-5-6-16(32)29-19(15)33)7-13(14)17(24)30-21(35)22(27,28)9-1-3-10(26)4-2-9/h1-4,7-8,15,17-18H,5-6,23-25H2,(H,30,35)(H,29,32,33). The highest BCUT2D eigenvalue weighted by Crippen LogP contribution is 2.36. The lowest BCUT2D eigenvalue weighted by molar-refractivity contribution is -0.147. The van der Waals surface area contributed by atoms with E-state index in [0.717, 1.165) is 12.1 Å². The zero-order valence-electron chi connectivity index (χ0n) is 19.3. The van der Waals surface area contributed by atoms with Crippen molar-refractivity contribution in [1.29, 1.82) is 0 Å². The maximum Gasteiger partial charge on any atom is 0.349 e. The Kier molecular flexibility index (Phi) is 6.53. The van der Waals surface area contributed by atoms with Crippen LogP contribution < -0.4 is 16.1 Å². The van der Waals surface area contributed by atoms with Gasteiger partial charge in [0, 0.05) is 34.5 Å². The fraction of sp³-hybridized carbons (Fsp3) is 0.273. The Morgan fingerprint density at radius 2 is 1.86 bits per heavy atom. The fourth-order valence-corrected chi connectivity index (χ4v) is 4.84. The Balaban J connectivity index is 1.57. The van der Waals surface area contributed by atoms with Crippen LogP contribution in [0.2, 0.25) is 5.02 Å². The lowest BCUT2D eigenvalue weighted by atomic mass is 9.76.